The Labute approximate surface area is 83.7 Å². The third-order valence-electron chi connectivity index (χ3n) is 1.90. The van der Waals surface area contributed by atoms with Gasteiger partial charge in [0.2, 0.25) is 5.78 Å². The average molecular weight is 215 g/mol. The van der Waals surface area contributed by atoms with Gasteiger partial charge in [0.15, 0.2) is 0 Å². The summed E-state index contributed by atoms with van der Waals surface area (Å²) in [5.41, 5.74) is -0.380. The summed E-state index contributed by atoms with van der Waals surface area (Å²) in [6.07, 6.45) is -3.15. The lowest BCUT2D eigenvalue weighted by Crippen LogP contribution is -2.12. The van der Waals surface area contributed by atoms with E-state index in [1.165, 1.54) is 13.0 Å². The van der Waals surface area contributed by atoms with E-state index in [1.54, 1.807) is 0 Å². The number of halogens is 2. The van der Waals surface area contributed by atoms with Crippen LogP contribution in [0.1, 0.15) is 15.9 Å². The third kappa shape index (κ3) is 2.34. The highest BCUT2D eigenvalue weighted by molar-refractivity contribution is 6.00. The normalized spacial score (nSPS) is 10.4. The van der Waals surface area contributed by atoms with Gasteiger partial charge in [0.1, 0.15) is 0 Å². The maximum absolute atomic E-state index is 12.1. The van der Waals surface area contributed by atoms with Crippen LogP contribution in [0.2, 0.25) is 0 Å². The molecule has 0 saturated heterocycles. The van der Waals surface area contributed by atoms with Crippen LogP contribution in [-0.2, 0) is 0 Å². The van der Waals surface area contributed by atoms with E-state index in [4.69, 9.17) is 0 Å². The van der Waals surface area contributed by atoms with Crippen LogP contribution >= 0.6 is 0 Å². The minimum absolute atomic E-state index is 0.297. The number of hydrogen-bond donors (Lipinski definition) is 0. The maximum atomic E-state index is 12.1. The quantitative estimate of drug-likeness (QED) is 0.441. The Morgan fingerprint density at radius 3 is 2.53 bits per heavy atom. The van der Waals surface area contributed by atoms with Crippen molar-refractivity contribution in [3.63, 3.8) is 0 Å². The number of carbonyl (C=O) groups is 1. The zero-order chi connectivity index (χ0) is 11.6. The van der Waals surface area contributed by atoms with Crippen molar-refractivity contribution in [1.29, 1.82) is 0 Å². The molecule has 0 heterocycles. The molecule has 0 aliphatic carbocycles. The lowest BCUT2D eigenvalue weighted by molar-refractivity contribution is -0.384. The van der Waals surface area contributed by atoms with Crippen molar-refractivity contribution in [2.45, 2.75) is 13.3 Å². The molecule has 0 atom stereocenters. The van der Waals surface area contributed by atoms with E-state index in [-0.39, 0.29) is 11.3 Å². The number of carbonyl (C=O) groups excluding carboxylic acids is 1. The molecule has 6 heteroatoms. The van der Waals surface area contributed by atoms with E-state index in [0.717, 1.165) is 12.1 Å². The number of hydrogen-bond acceptors (Lipinski definition) is 3. The van der Waals surface area contributed by atoms with Crippen LogP contribution in [-0.4, -0.2) is 17.1 Å². The van der Waals surface area contributed by atoms with E-state index in [1.807, 2.05) is 0 Å². The van der Waals surface area contributed by atoms with Crippen molar-refractivity contribution in [2.75, 3.05) is 0 Å². The Morgan fingerprint density at radius 2 is 2.07 bits per heavy atom. The Hall–Kier alpha value is -1.85. The monoisotopic (exact) mass is 215 g/mol. The van der Waals surface area contributed by atoms with E-state index >= 15 is 0 Å². The van der Waals surface area contributed by atoms with Gasteiger partial charge >= 0.3 is 6.43 Å². The standard InChI is InChI=1S/C9H7F2NO3/c1-5-2-3-6(12(14)15)4-7(5)8(13)9(10)11/h2-4,9H,1H3. The molecule has 1 rings (SSSR count). The molecular weight excluding hydrogens is 208 g/mol. The molecule has 0 saturated carbocycles. The number of rotatable bonds is 3. The lowest BCUT2D eigenvalue weighted by atomic mass is 10.0. The highest BCUT2D eigenvalue weighted by Crippen LogP contribution is 2.19. The molecule has 0 spiro atoms. The fraction of sp³-hybridized carbons (Fsp3) is 0.222. The van der Waals surface area contributed by atoms with Crippen LogP contribution in [0.3, 0.4) is 0 Å². The number of alkyl halides is 2. The number of nitro groups is 1. The summed E-state index contributed by atoms with van der Waals surface area (Å²) in [7, 11) is 0. The summed E-state index contributed by atoms with van der Waals surface area (Å²) in [6, 6.07) is 3.30. The average Bonchev–Trinajstić information content (AvgIpc) is 2.16. The van der Waals surface area contributed by atoms with Gasteiger partial charge in [0, 0.05) is 17.7 Å². The number of aryl methyl sites for hydroxylation is 1. The molecule has 0 fully saturated rings. The molecular formula is C9H7F2NO3. The van der Waals surface area contributed by atoms with E-state index in [9.17, 15) is 23.7 Å². The zero-order valence-corrected chi connectivity index (χ0v) is 7.74. The van der Waals surface area contributed by atoms with Gasteiger partial charge in [0.25, 0.3) is 5.69 Å². The number of benzene rings is 1. The highest BCUT2D eigenvalue weighted by atomic mass is 19.3. The molecule has 0 bridgehead atoms. The minimum Gasteiger partial charge on any atom is -0.288 e. The minimum atomic E-state index is -3.15. The molecule has 1 aromatic carbocycles. The highest BCUT2D eigenvalue weighted by Gasteiger charge is 2.21. The molecule has 0 aliphatic rings. The first-order valence-electron chi connectivity index (χ1n) is 4.01. The molecule has 0 aliphatic heterocycles. The number of nitrogens with zero attached hydrogens (tertiary/aromatic N) is 1. The molecule has 1 aromatic rings. The molecule has 0 N–H and O–H groups in total. The van der Waals surface area contributed by atoms with Gasteiger partial charge in [-0.25, -0.2) is 8.78 Å². The summed E-state index contributed by atoms with van der Waals surface area (Å²) in [6.45, 7) is 1.44. The van der Waals surface area contributed by atoms with Gasteiger partial charge in [-0.15, -0.1) is 0 Å². The van der Waals surface area contributed by atoms with Crippen LogP contribution < -0.4 is 0 Å². The molecule has 0 amide bonds. The zero-order valence-electron chi connectivity index (χ0n) is 7.74. The molecule has 4 nitrogen and oxygen atoms in total. The molecule has 0 radical (unpaired) electrons. The first kappa shape index (κ1) is 11.2. The summed E-state index contributed by atoms with van der Waals surface area (Å²) < 4.78 is 24.2. The SMILES string of the molecule is Cc1ccc([N+](=O)[O-])cc1C(=O)C(F)F. The molecule has 80 valence electrons. The second-order valence-corrected chi connectivity index (χ2v) is 2.92. The third-order valence-corrected chi connectivity index (χ3v) is 1.90. The Morgan fingerprint density at radius 1 is 1.47 bits per heavy atom. The van der Waals surface area contributed by atoms with Crippen molar-refractivity contribution in [1.82, 2.24) is 0 Å². The smallest absolute Gasteiger partial charge is 0.288 e. The van der Waals surface area contributed by atoms with E-state index in [2.05, 4.69) is 0 Å². The lowest BCUT2D eigenvalue weighted by Gasteiger charge is -2.03. The van der Waals surface area contributed by atoms with Gasteiger partial charge in [-0.2, -0.15) is 0 Å². The maximum Gasteiger partial charge on any atom is 0.300 e. The number of non-ortho nitro benzene ring substituents is 1. The second-order valence-electron chi connectivity index (χ2n) is 2.92. The van der Waals surface area contributed by atoms with Crippen LogP contribution in [0.5, 0.6) is 0 Å². The fourth-order valence-corrected chi connectivity index (χ4v) is 1.11. The first-order chi connectivity index (χ1) is 6.93. The van der Waals surface area contributed by atoms with Crippen LogP contribution in [0.4, 0.5) is 14.5 Å². The van der Waals surface area contributed by atoms with Crippen LogP contribution in [0, 0.1) is 17.0 Å². The summed E-state index contributed by atoms with van der Waals surface area (Å²) in [4.78, 5) is 20.6. The molecule has 15 heavy (non-hydrogen) atoms. The number of Topliss-reactive ketones (excluding diaryl/α,β-unsaturated/α-hetero) is 1. The summed E-state index contributed by atoms with van der Waals surface area (Å²) in [5, 5.41) is 10.4. The molecule has 0 aromatic heterocycles. The topological polar surface area (TPSA) is 60.2 Å². The Kier molecular flexibility index (Phi) is 3.08. The predicted octanol–water partition coefficient (Wildman–Crippen LogP) is 2.35. The Balaban J connectivity index is 3.22. The number of nitro benzene ring substituents is 1. The van der Waals surface area contributed by atoms with Gasteiger partial charge in [-0.05, 0) is 12.5 Å². The van der Waals surface area contributed by atoms with Gasteiger partial charge in [-0.1, -0.05) is 6.07 Å². The number of ketones is 1. The van der Waals surface area contributed by atoms with Gasteiger partial charge in [0.05, 0.1) is 4.92 Å². The van der Waals surface area contributed by atoms with Crippen molar-refractivity contribution in [3.05, 3.63) is 39.4 Å². The van der Waals surface area contributed by atoms with Crippen LogP contribution in [0.25, 0.3) is 0 Å². The summed E-state index contributed by atoms with van der Waals surface area (Å²) in [5.74, 6) is -1.39. The first-order valence-corrected chi connectivity index (χ1v) is 4.01. The van der Waals surface area contributed by atoms with Crippen molar-refractivity contribution < 1.29 is 18.5 Å². The predicted molar refractivity (Wildman–Crippen MR) is 48.2 cm³/mol. The van der Waals surface area contributed by atoms with Gasteiger partial charge in [-0.3, -0.25) is 14.9 Å². The van der Waals surface area contributed by atoms with E-state index < -0.39 is 17.1 Å². The van der Waals surface area contributed by atoms with Crippen LogP contribution in [0.15, 0.2) is 18.2 Å². The van der Waals surface area contributed by atoms with E-state index in [0.29, 0.717) is 5.56 Å². The Bertz CT molecular complexity index is 418. The van der Waals surface area contributed by atoms with Crippen molar-refractivity contribution in [3.8, 4) is 0 Å². The van der Waals surface area contributed by atoms with Gasteiger partial charge < -0.3 is 0 Å². The second kappa shape index (κ2) is 4.12. The van der Waals surface area contributed by atoms with Crippen molar-refractivity contribution in [2.24, 2.45) is 0 Å². The summed E-state index contributed by atoms with van der Waals surface area (Å²) >= 11 is 0. The molecule has 0 unspecified atom stereocenters. The fourth-order valence-electron chi connectivity index (χ4n) is 1.11. The van der Waals surface area contributed by atoms with Crippen molar-refractivity contribution >= 4 is 11.5 Å². The largest absolute Gasteiger partial charge is 0.300 e.